The number of nitrogens with zero attached hydrogens (tertiary/aromatic N) is 1. The first-order chi connectivity index (χ1) is 15.1. The Kier molecular flexibility index (Phi) is 7.39. The highest BCUT2D eigenvalue weighted by molar-refractivity contribution is 5.77. The Labute approximate surface area is 187 Å². The number of fused-ring (bicyclic) bond motifs is 1. The molecule has 2 heterocycles. The van der Waals surface area contributed by atoms with Gasteiger partial charge < -0.3 is 24.2 Å². The number of hydrogen-bond donors (Lipinski definition) is 2. The number of benzene rings is 1. The van der Waals surface area contributed by atoms with Crippen LogP contribution in [-0.4, -0.2) is 70.3 Å². The fraction of sp³-hybridized carbons (Fsp3) is 0.720. The molecule has 4 rings (SSSR count). The number of ether oxygens (including phenoxy) is 2. The second kappa shape index (κ2) is 10.2. The first kappa shape index (κ1) is 22.4. The molecule has 6 nitrogen and oxygen atoms in total. The summed E-state index contributed by atoms with van der Waals surface area (Å²) in [7, 11) is 3.38. The summed E-state index contributed by atoms with van der Waals surface area (Å²) in [6, 6.07) is 4.74. The predicted molar refractivity (Wildman–Crippen MR) is 121 cm³/mol. The molecule has 0 spiro atoms. The standard InChI is InChI=1S/C25H39N3O3/c1-19-15-23(30-2)24(31-3)16-21(19)17-26-11-13-27(14-12-26)18-25(29)28-10-6-8-20-7-4-5-9-22(20)28/h15-16,20,22H,4-14,17-18H2,1-3H3/p+2/t20-,22+/m1/s1. The van der Waals surface area contributed by atoms with Gasteiger partial charge in [0.2, 0.25) is 0 Å². The van der Waals surface area contributed by atoms with E-state index in [1.54, 1.807) is 19.1 Å². The molecule has 0 bridgehead atoms. The molecule has 172 valence electrons. The summed E-state index contributed by atoms with van der Waals surface area (Å²) in [5.41, 5.74) is 2.58. The van der Waals surface area contributed by atoms with Crippen molar-refractivity contribution in [3.63, 3.8) is 0 Å². The molecule has 6 heteroatoms. The van der Waals surface area contributed by atoms with Gasteiger partial charge in [-0.05, 0) is 56.2 Å². The van der Waals surface area contributed by atoms with E-state index in [2.05, 4.69) is 24.0 Å². The van der Waals surface area contributed by atoms with E-state index >= 15 is 0 Å². The molecule has 1 saturated carbocycles. The van der Waals surface area contributed by atoms with Gasteiger partial charge in [0, 0.05) is 18.2 Å². The van der Waals surface area contributed by atoms with Gasteiger partial charge in [-0.2, -0.15) is 0 Å². The Hall–Kier alpha value is -1.79. The van der Waals surface area contributed by atoms with Crippen LogP contribution in [0, 0.1) is 12.8 Å². The van der Waals surface area contributed by atoms with E-state index in [0.29, 0.717) is 18.5 Å². The molecule has 1 amide bonds. The summed E-state index contributed by atoms with van der Waals surface area (Å²) in [6.45, 7) is 9.21. The maximum Gasteiger partial charge on any atom is 0.278 e. The molecule has 2 atom stereocenters. The van der Waals surface area contributed by atoms with Gasteiger partial charge in [0.15, 0.2) is 18.0 Å². The molecule has 3 aliphatic rings. The van der Waals surface area contributed by atoms with E-state index in [0.717, 1.165) is 56.7 Å². The quantitative estimate of drug-likeness (QED) is 0.689. The topological polar surface area (TPSA) is 47.7 Å². The predicted octanol–water partition coefficient (Wildman–Crippen LogP) is 0.477. The lowest BCUT2D eigenvalue weighted by Gasteiger charge is -2.44. The number of piperidine rings is 1. The number of nitrogens with one attached hydrogen (secondary N) is 2. The van der Waals surface area contributed by atoms with Gasteiger partial charge in [0.05, 0.1) is 14.2 Å². The van der Waals surface area contributed by atoms with Gasteiger partial charge in [-0.3, -0.25) is 4.79 Å². The van der Waals surface area contributed by atoms with Crippen molar-refractivity contribution in [3.05, 3.63) is 23.3 Å². The summed E-state index contributed by atoms with van der Waals surface area (Å²) in [5, 5.41) is 0. The highest BCUT2D eigenvalue weighted by atomic mass is 16.5. The number of carbonyl (C=O) groups is 1. The molecular weight excluding hydrogens is 390 g/mol. The average molecular weight is 432 g/mol. The van der Waals surface area contributed by atoms with Crippen molar-refractivity contribution in [3.8, 4) is 11.5 Å². The lowest BCUT2D eigenvalue weighted by Crippen LogP contribution is -3.28. The number of hydrogen-bond acceptors (Lipinski definition) is 3. The number of methoxy groups -OCH3 is 2. The summed E-state index contributed by atoms with van der Waals surface area (Å²) in [6.07, 6.45) is 7.76. The highest BCUT2D eigenvalue weighted by Gasteiger charge is 2.37. The number of rotatable bonds is 6. The Bertz CT molecular complexity index is 759. The third-order valence-electron chi connectivity index (χ3n) is 7.91. The molecule has 3 fully saturated rings. The lowest BCUT2D eigenvalue weighted by atomic mass is 9.78. The monoisotopic (exact) mass is 431 g/mol. The Morgan fingerprint density at radius 2 is 1.61 bits per heavy atom. The van der Waals surface area contributed by atoms with Crippen LogP contribution in [0.4, 0.5) is 0 Å². The largest absolute Gasteiger partial charge is 0.493 e. The fourth-order valence-corrected chi connectivity index (χ4v) is 6.04. The van der Waals surface area contributed by atoms with Crippen LogP contribution < -0.4 is 19.3 Å². The van der Waals surface area contributed by atoms with Gasteiger partial charge in [-0.1, -0.05) is 12.8 Å². The van der Waals surface area contributed by atoms with E-state index < -0.39 is 0 Å². The summed E-state index contributed by atoms with van der Waals surface area (Å²) in [4.78, 5) is 18.5. The van der Waals surface area contributed by atoms with Crippen LogP contribution in [0.3, 0.4) is 0 Å². The minimum atomic E-state index is 0.408. The van der Waals surface area contributed by atoms with Crippen LogP contribution in [-0.2, 0) is 11.3 Å². The molecule has 2 aliphatic heterocycles. The van der Waals surface area contributed by atoms with Crippen molar-refractivity contribution < 1.29 is 24.1 Å². The zero-order valence-electron chi connectivity index (χ0n) is 19.7. The van der Waals surface area contributed by atoms with Crippen LogP contribution >= 0.6 is 0 Å². The van der Waals surface area contributed by atoms with Crippen LogP contribution in [0.25, 0.3) is 0 Å². The SMILES string of the molecule is COc1cc(C)c(C[NH+]2CC[NH+](CC(=O)N3CCC[C@H]4CCCC[C@@H]43)CC2)cc1OC. The molecule has 0 unspecified atom stereocenters. The lowest BCUT2D eigenvalue weighted by molar-refractivity contribution is -1.02. The van der Waals surface area contributed by atoms with Crippen LogP contribution in [0.5, 0.6) is 11.5 Å². The van der Waals surface area contributed by atoms with E-state index in [-0.39, 0.29) is 0 Å². The van der Waals surface area contributed by atoms with Crippen molar-refractivity contribution in [2.45, 2.75) is 58.0 Å². The summed E-state index contributed by atoms with van der Waals surface area (Å²) < 4.78 is 10.9. The van der Waals surface area contributed by atoms with Crippen LogP contribution in [0.1, 0.15) is 49.7 Å². The normalized spacial score (nSPS) is 28.7. The molecule has 2 saturated heterocycles. The first-order valence-corrected chi connectivity index (χ1v) is 12.3. The van der Waals surface area contributed by atoms with Gasteiger partial charge in [-0.15, -0.1) is 0 Å². The molecule has 0 aromatic heterocycles. The first-order valence-electron chi connectivity index (χ1n) is 12.3. The third-order valence-corrected chi connectivity index (χ3v) is 7.91. The minimum absolute atomic E-state index is 0.408. The van der Waals surface area contributed by atoms with Gasteiger partial charge >= 0.3 is 0 Å². The number of likely N-dealkylation sites (tertiary alicyclic amines) is 1. The molecular formula is C25H41N3O3+2. The molecule has 2 N–H and O–H groups in total. The van der Waals surface area contributed by atoms with Crippen molar-refractivity contribution in [2.24, 2.45) is 5.92 Å². The molecule has 1 aromatic carbocycles. The second-order valence-electron chi connectivity index (χ2n) is 9.83. The number of aryl methyl sites for hydroxylation is 1. The maximum atomic E-state index is 13.1. The average Bonchev–Trinajstić information content (AvgIpc) is 2.80. The third kappa shape index (κ3) is 5.17. The van der Waals surface area contributed by atoms with Gasteiger partial charge in [-0.25, -0.2) is 0 Å². The molecule has 0 radical (unpaired) electrons. The second-order valence-corrected chi connectivity index (χ2v) is 9.83. The van der Waals surface area contributed by atoms with Gasteiger partial charge in [0.25, 0.3) is 5.91 Å². The van der Waals surface area contributed by atoms with Crippen LogP contribution in [0.15, 0.2) is 12.1 Å². The Morgan fingerprint density at radius 3 is 2.35 bits per heavy atom. The number of piperazine rings is 1. The van der Waals surface area contributed by atoms with Gasteiger partial charge in [0.1, 0.15) is 32.7 Å². The Balaban J connectivity index is 1.28. The molecule has 31 heavy (non-hydrogen) atoms. The van der Waals surface area contributed by atoms with E-state index in [1.165, 1.54) is 54.6 Å². The summed E-state index contributed by atoms with van der Waals surface area (Å²) >= 11 is 0. The zero-order chi connectivity index (χ0) is 21.8. The smallest absolute Gasteiger partial charge is 0.278 e. The number of amides is 1. The molecule has 1 aliphatic carbocycles. The zero-order valence-corrected chi connectivity index (χ0v) is 19.7. The summed E-state index contributed by atoms with van der Waals surface area (Å²) in [5.74, 6) is 2.78. The van der Waals surface area contributed by atoms with Crippen molar-refractivity contribution in [1.82, 2.24) is 4.90 Å². The van der Waals surface area contributed by atoms with Crippen molar-refractivity contribution >= 4 is 5.91 Å². The number of carbonyl (C=O) groups excluding carboxylic acids is 1. The van der Waals surface area contributed by atoms with E-state index in [1.807, 2.05) is 0 Å². The molecule has 1 aromatic rings. The number of quaternary nitrogens is 2. The Morgan fingerprint density at radius 1 is 0.968 bits per heavy atom. The van der Waals surface area contributed by atoms with Crippen molar-refractivity contribution in [2.75, 3.05) is 53.5 Å². The maximum absolute atomic E-state index is 13.1. The van der Waals surface area contributed by atoms with E-state index in [4.69, 9.17) is 9.47 Å². The minimum Gasteiger partial charge on any atom is -0.493 e. The van der Waals surface area contributed by atoms with Crippen LogP contribution in [0.2, 0.25) is 0 Å². The highest BCUT2D eigenvalue weighted by Crippen LogP contribution is 2.35. The van der Waals surface area contributed by atoms with E-state index in [9.17, 15) is 4.79 Å². The fourth-order valence-electron chi connectivity index (χ4n) is 6.04. The van der Waals surface area contributed by atoms with Crippen molar-refractivity contribution in [1.29, 1.82) is 0 Å².